The third kappa shape index (κ3) is 3.55. The van der Waals surface area contributed by atoms with Crippen LogP contribution in [0.25, 0.3) is 11.3 Å². The molecule has 0 bridgehead atoms. The van der Waals surface area contributed by atoms with Crippen LogP contribution in [-0.2, 0) is 7.05 Å². The van der Waals surface area contributed by atoms with E-state index < -0.39 is 0 Å². The fourth-order valence-electron chi connectivity index (χ4n) is 3.14. The molecule has 1 N–H and O–H groups in total. The van der Waals surface area contributed by atoms with E-state index in [1.807, 2.05) is 37.4 Å². The molecular weight excluding hydrogens is 290 g/mol. The summed E-state index contributed by atoms with van der Waals surface area (Å²) in [5.41, 5.74) is 2.35. The van der Waals surface area contributed by atoms with Crippen LogP contribution >= 0.6 is 0 Å². The molecule has 1 fully saturated rings. The van der Waals surface area contributed by atoms with Crippen LogP contribution in [0.5, 0.6) is 5.75 Å². The van der Waals surface area contributed by atoms with Crippen molar-refractivity contribution in [2.75, 3.05) is 7.11 Å². The van der Waals surface area contributed by atoms with E-state index in [1.165, 1.54) is 19.3 Å². The third-order valence-electron chi connectivity index (χ3n) is 4.42. The predicted molar refractivity (Wildman–Crippen MR) is 89.5 cm³/mol. The molecule has 2 aromatic rings. The highest BCUT2D eigenvalue weighted by Gasteiger charge is 2.19. The lowest BCUT2D eigenvalue weighted by atomic mass is 9.95. The van der Waals surface area contributed by atoms with Crippen LogP contribution in [0.15, 0.2) is 30.3 Å². The van der Waals surface area contributed by atoms with Crippen LogP contribution in [0.1, 0.15) is 42.6 Å². The van der Waals surface area contributed by atoms with Crippen molar-refractivity contribution >= 4 is 5.91 Å². The van der Waals surface area contributed by atoms with Crippen molar-refractivity contribution < 1.29 is 9.53 Å². The molecule has 0 atom stereocenters. The minimum absolute atomic E-state index is 0.0818. The number of rotatable bonds is 4. The van der Waals surface area contributed by atoms with Crippen LogP contribution < -0.4 is 10.1 Å². The molecule has 1 heterocycles. The number of carbonyl (C=O) groups excluding carboxylic acids is 1. The normalized spacial score (nSPS) is 15.4. The number of ether oxygens (including phenoxy) is 1. The van der Waals surface area contributed by atoms with Gasteiger partial charge in [0, 0.05) is 18.7 Å². The van der Waals surface area contributed by atoms with Gasteiger partial charge in [0.05, 0.1) is 12.8 Å². The molecule has 122 valence electrons. The van der Waals surface area contributed by atoms with E-state index in [2.05, 4.69) is 10.4 Å². The van der Waals surface area contributed by atoms with Crippen LogP contribution in [0.2, 0.25) is 0 Å². The molecular formula is C18H23N3O2. The van der Waals surface area contributed by atoms with Crippen LogP contribution in [-0.4, -0.2) is 28.8 Å². The minimum Gasteiger partial charge on any atom is -0.497 e. The average Bonchev–Trinajstić information content (AvgIpc) is 2.98. The Hall–Kier alpha value is -2.30. The van der Waals surface area contributed by atoms with Crippen molar-refractivity contribution in [2.24, 2.45) is 7.05 Å². The van der Waals surface area contributed by atoms with Crippen molar-refractivity contribution in [3.05, 3.63) is 36.0 Å². The third-order valence-corrected chi connectivity index (χ3v) is 4.42. The molecule has 0 unspecified atom stereocenters. The Labute approximate surface area is 136 Å². The molecule has 23 heavy (non-hydrogen) atoms. The van der Waals surface area contributed by atoms with Gasteiger partial charge in [0.1, 0.15) is 5.75 Å². The second kappa shape index (κ2) is 6.86. The molecule has 3 rings (SSSR count). The van der Waals surface area contributed by atoms with Gasteiger partial charge in [-0.05, 0) is 31.0 Å². The lowest BCUT2D eigenvalue weighted by molar-refractivity contribution is 0.0922. The number of carbonyl (C=O) groups is 1. The molecule has 1 amide bonds. The lowest BCUT2D eigenvalue weighted by Crippen LogP contribution is -2.36. The van der Waals surface area contributed by atoms with Crippen molar-refractivity contribution in [3.8, 4) is 17.0 Å². The number of aromatic nitrogens is 2. The van der Waals surface area contributed by atoms with Gasteiger partial charge in [0.25, 0.3) is 5.91 Å². The number of hydrogen-bond donors (Lipinski definition) is 1. The number of nitrogens with one attached hydrogen (secondary N) is 1. The number of methoxy groups -OCH3 is 1. The van der Waals surface area contributed by atoms with Crippen LogP contribution in [0.3, 0.4) is 0 Å². The van der Waals surface area contributed by atoms with Crippen molar-refractivity contribution in [1.82, 2.24) is 15.1 Å². The highest BCUT2D eigenvalue weighted by atomic mass is 16.5. The standard InChI is InChI=1S/C18H23N3O2/c1-21-17(13-7-6-10-15(11-13)23-2)12-16(20-21)18(22)19-14-8-4-3-5-9-14/h6-7,10-12,14H,3-5,8-9H2,1-2H3,(H,19,22). The van der Waals surface area contributed by atoms with Crippen LogP contribution in [0, 0.1) is 0 Å². The quantitative estimate of drug-likeness (QED) is 0.943. The Morgan fingerprint density at radius 2 is 2.04 bits per heavy atom. The molecule has 0 saturated heterocycles. The van der Waals surface area contributed by atoms with Gasteiger partial charge in [0.2, 0.25) is 0 Å². The van der Waals surface area contributed by atoms with Crippen LogP contribution in [0.4, 0.5) is 0 Å². The average molecular weight is 313 g/mol. The zero-order chi connectivity index (χ0) is 16.2. The monoisotopic (exact) mass is 313 g/mol. The summed E-state index contributed by atoms with van der Waals surface area (Å²) < 4.78 is 7.00. The second-order valence-corrected chi connectivity index (χ2v) is 6.08. The topological polar surface area (TPSA) is 56.1 Å². The molecule has 1 saturated carbocycles. The van der Waals surface area contributed by atoms with Gasteiger partial charge in [-0.3, -0.25) is 9.48 Å². The SMILES string of the molecule is COc1cccc(-c2cc(C(=O)NC3CCCCC3)nn2C)c1. The Bertz CT molecular complexity index is 687. The van der Waals surface area contributed by atoms with E-state index in [-0.39, 0.29) is 5.91 Å². The van der Waals surface area contributed by atoms with E-state index in [4.69, 9.17) is 4.74 Å². The smallest absolute Gasteiger partial charge is 0.272 e. The molecule has 0 aliphatic heterocycles. The summed E-state index contributed by atoms with van der Waals surface area (Å²) in [4.78, 5) is 12.4. The summed E-state index contributed by atoms with van der Waals surface area (Å²) in [5.74, 6) is 0.707. The number of nitrogens with zero attached hydrogens (tertiary/aromatic N) is 2. The Balaban J connectivity index is 1.78. The highest BCUT2D eigenvalue weighted by Crippen LogP contribution is 2.24. The second-order valence-electron chi connectivity index (χ2n) is 6.08. The molecule has 0 spiro atoms. The number of hydrogen-bond acceptors (Lipinski definition) is 3. The molecule has 5 heteroatoms. The zero-order valence-electron chi connectivity index (χ0n) is 13.7. The summed E-state index contributed by atoms with van der Waals surface area (Å²) in [7, 11) is 3.50. The summed E-state index contributed by atoms with van der Waals surface area (Å²) in [5, 5.41) is 7.48. The van der Waals surface area contributed by atoms with Gasteiger partial charge in [-0.25, -0.2) is 0 Å². The number of aryl methyl sites for hydroxylation is 1. The predicted octanol–water partition coefficient (Wildman–Crippen LogP) is 3.16. The van der Waals surface area contributed by atoms with Crippen molar-refractivity contribution in [3.63, 3.8) is 0 Å². The first-order chi connectivity index (χ1) is 11.2. The summed E-state index contributed by atoms with van der Waals surface area (Å²) in [6, 6.07) is 9.90. The maximum atomic E-state index is 12.4. The van der Waals surface area contributed by atoms with Gasteiger partial charge in [-0.2, -0.15) is 5.10 Å². The molecule has 1 aromatic heterocycles. The van der Waals surface area contributed by atoms with Gasteiger partial charge in [-0.15, -0.1) is 0 Å². The molecule has 5 nitrogen and oxygen atoms in total. The van der Waals surface area contributed by atoms with Gasteiger partial charge >= 0.3 is 0 Å². The first-order valence-corrected chi connectivity index (χ1v) is 8.16. The Kier molecular flexibility index (Phi) is 4.65. The molecule has 0 radical (unpaired) electrons. The Morgan fingerprint density at radius 1 is 1.26 bits per heavy atom. The number of amides is 1. The molecule has 1 aromatic carbocycles. The van der Waals surface area contributed by atoms with E-state index in [1.54, 1.807) is 11.8 Å². The van der Waals surface area contributed by atoms with E-state index in [9.17, 15) is 4.79 Å². The molecule has 1 aliphatic carbocycles. The zero-order valence-corrected chi connectivity index (χ0v) is 13.7. The lowest BCUT2D eigenvalue weighted by Gasteiger charge is -2.22. The van der Waals surface area contributed by atoms with Gasteiger partial charge < -0.3 is 10.1 Å². The Morgan fingerprint density at radius 3 is 2.78 bits per heavy atom. The minimum atomic E-state index is -0.0818. The largest absolute Gasteiger partial charge is 0.497 e. The maximum absolute atomic E-state index is 12.4. The summed E-state index contributed by atoms with van der Waals surface area (Å²) in [6.07, 6.45) is 5.81. The fraction of sp³-hybridized carbons (Fsp3) is 0.444. The maximum Gasteiger partial charge on any atom is 0.272 e. The first kappa shape index (κ1) is 15.6. The van der Waals surface area contributed by atoms with Gasteiger partial charge in [0.15, 0.2) is 5.69 Å². The fourth-order valence-corrected chi connectivity index (χ4v) is 3.14. The summed E-state index contributed by atoms with van der Waals surface area (Å²) >= 11 is 0. The molecule has 1 aliphatic rings. The van der Waals surface area contributed by atoms with E-state index >= 15 is 0 Å². The van der Waals surface area contributed by atoms with Gasteiger partial charge in [-0.1, -0.05) is 31.4 Å². The van der Waals surface area contributed by atoms with E-state index in [0.29, 0.717) is 11.7 Å². The van der Waals surface area contributed by atoms with Crippen molar-refractivity contribution in [2.45, 2.75) is 38.1 Å². The summed E-state index contributed by atoms with van der Waals surface area (Å²) in [6.45, 7) is 0. The first-order valence-electron chi connectivity index (χ1n) is 8.16. The number of benzene rings is 1. The highest BCUT2D eigenvalue weighted by molar-refractivity contribution is 5.93. The van der Waals surface area contributed by atoms with E-state index in [0.717, 1.165) is 29.8 Å². The van der Waals surface area contributed by atoms with Crippen molar-refractivity contribution in [1.29, 1.82) is 0 Å².